The Morgan fingerprint density at radius 1 is 1.44 bits per heavy atom. The van der Waals surface area contributed by atoms with Gasteiger partial charge in [0.15, 0.2) is 0 Å². The van der Waals surface area contributed by atoms with Crippen LogP contribution in [0.25, 0.3) is 0 Å². The Morgan fingerprint density at radius 3 is 2.81 bits per heavy atom. The first-order valence-electron chi connectivity index (χ1n) is 5.57. The molecule has 1 aromatic rings. The third kappa shape index (κ3) is 4.03. The van der Waals surface area contributed by atoms with Crippen LogP contribution in [0.5, 0.6) is 0 Å². The Balaban J connectivity index is 2.50. The van der Waals surface area contributed by atoms with Crippen LogP contribution in [0, 0.1) is 6.92 Å². The summed E-state index contributed by atoms with van der Waals surface area (Å²) in [5.74, 6) is 0.167. The zero-order valence-electron chi connectivity index (χ0n) is 10.3. The van der Waals surface area contributed by atoms with Crippen molar-refractivity contribution in [1.82, 2.24) is 10.2 Å². The summed E-state index contributed by atoms with van der Waals surface area (Å²) < 4.78 is 0. The van der Waals surface area contributed by atoms with Gasteiger partial charge in [-0.2, -0.15) is 0 Å². The lowest BCUT2D eigenvalue weighted by molar-refractivity contribution is -0.129. The lowest BCUT2D eigenvalue weighted by atomic mass is 10.1. The van der Waals surface area contributed by atoms with Gasteiger partial charge in [0.1, 0.15) is 0 Å². The van der Waals surface area contributed by atoms with Crippen LogP contribution in [-0.2, 0) is 11.2 Å². The first-order chi connectivity index (χ1) is 7.63. The topological polar surface area (TPSA) is 32.3 Å². The zero-order chi connectivity index (χ0) is 12.0. The molecule has 0 aromatic heterocycles. The van der Waals surface area contributed by atoms with Crippen molar-refractivity contribution in [3.8, 4) is 0 Å². The van der Waals surface area contributed by atoms with Crippen molar-refractivity contribution >= 4 is 5.91 Å². The van der Waals surface area contributed by atoms with Gasteiger partial charge in [-0.05, 0) is 19.5 Å². The SMILES string of the molecule is CNCCN(C)C(=O)Cc1cccc(C)c1. The van der Waals surface area contributed by atoms with Crippen molar-refractivity contribution in [1.29, 1.82) is 0 Å². The monoisotopic (exact) mass is 220 g/mol. The van der Waals surface area contributed by atoms with Gasteiger partial charge in [0.2, 0.25) is 5.91 Å². The van der Waals surface area contributed by atoms with Gasteiger partial charge in [0, 0.05) is 20.1 Å². The second-order valence-electron chi connectivity index (χ2n) is 4.08. The minimum absolute atomic E-state index is 0.167. The number of nitrogens with one attached hydrogen (secondary N) is 1. The molecule has 88 valence electrons. The van der Waals surface area contributed by atoms with E-state index in [1.165, 1.54) is 5.56 Å². The van der Waals surface area contributed by atoms with Gasteiger partial charge in [-0.25, -0.2) is 0 Å². The molecule has 3 nitrogen and oxygen atoms in total. The lowest BCUT2D eigenvalue weighted by Crippen LogP contribution is -2.33. The molecule has 0 saturated heterocycles. The molecule has 0 heterocycles. The molecule has 1 rings (SSSR count). The molecule has 16 heavy (non-hydrogen) atoms. The molecule has 0 bridgehead atoms. The fraction of sp³-hybridized carbons (Fsp3) is 0.462. The number of nitrogens with zero attached hydrogens (tertiary/aromatic N) is 1. The quantitative estimate of drug-likeness (QED) is 0.809. The van der Waals surface area contributed by atoms with Crippen LogP contribution >= 0.6 is 0 Å². The smallest absolute Gasteiger partial charge is 0.226 e. The number of rotatable bonds is 5. The zero-order valence-corrected chi connectivity index (χ0v) is 10.3. The van der Waals surface area contributed by atoms with E-state index in [-0.39, 0.29) is 5.91 Å². The van der Waals surface area contributed by atoms with Gasteiger partial charge in [-0.15, -0.1) is 0 Å². The number of amides is 1. The molecule has 0 fully saturated rings. The number of benzene rings is 1. The molecule has 0 saturated carbocycles. The second kappa shape index (κ2) is 6.28. The summed E-state index contributed by atoms with van der Waals surface area (Å²) >= 11 is 0. The summed E-state index contributed by atoms with van der Waals surface area (Å²) in [4.78, 5) is 13.6. The molecule has 1 N–H and O–H groups in total. The van der Waals surface area contributed by atoms with Crippen molar-refractivity contribution in [2.24, 2.45) is 0 Å². The lowest BCUT2D eigenvalue weighted by Gasteiger charge is -2.16. The summed E-state index contributed by atoms with van der Waals surface area (Å²) in [7, 11) is 3.73. The average Bonchev–Trinajstić information content (AvgIpc) is 2.25. The third-order valence-electron chi connectivity index (χ3n) is 2.56. The number of carbonyl (C=O) groups excluding carboxylic acids is 1. The molecule has 1 aromatic carbocycles. The molecular formula is C13H20N2O. The highest BCUT2D eigenvalue weighted by molar-refractivity contribution is 5.78. The van der Waals surface area contributed by atoms with Gasteiger partial charge in [0.05, 0.1) is 6.42 Å². The molecule has 0 spiro atoms. The maximum Gasteiger partial charge on any atom is 0.226 e. The van der Waals surface area contributed by atoms with E-state index in [4.69, 9.17) is 0 Å². The van der Waals surface area contributed by atoms with E-state index < -0.39 is 0 Å². The molecule has 0 unspecified atom stereocenters. The number of carbonyl (C=O) groups is 1. The van der Waals surface area contributed by atoms with Gasteiger partial charge in [-0.3, -0.25) is 4.79 Å². The Kier molecular flexibility index (Phi) is 4.99. The van der Waals surface area contributed by atoms with Gasteiger partial charge < -0.3 is 10.2 Å². The maximum atomic E-state index is 11.8. The van der Waals surface area contributed by atoms with Crippen LogP contribution in [0.4, 0.5) is 0 Å². The first-order valence-corrected chi connectivity index (χ1v) is 5.57. The molecule has 0 radical (unpaired) electrons. The standard InChI is InChI=1S/C13H20N2O/c1-11-5-4-6-12(9-11)10-13(16)15(3)8-7-14-2/h4-6,9,14H,7-8,10H2,1-3H3. The normalized spacial score (nSPS) is 10.2. The Morgan fingerprint density at radius 2 is 2.19 bits per heavy atom. The summed E-state index contributed by atoms with van der Waals surface area (Å²) in [6, 6.07) is 8.09. The van der Waals surface area contributed by atoms with E-state index in [1.807, 2.05) is 39.2 Å². The van der Waals surface area contributed by atoms with E-state index in [9.17, 15) is 4.79 Å². The van der Waals surface area contributed by atoms with Gasteiger partial charge >= 0.3 is 0 Å². The van der Waals surface area contributed by atoms with Crippen molar-refractivity contribution in [3.05, 3.63) is 35.4 Å². The predicted octanol–water partition coefficient (Wildman–Crippen LogP) is 1.22. The summed E-state index contributed by atoms with van der Waals surface area (Å²) in [6.07, 6.45) is 0.488. The number of hydrogen-bond donors (Lipinski definition) is 1. The third-order valence-corrected chi connectivity index (χ3v) is 2.56. The molecule has 0 aliphatic carbocycles. The van der Waals surface area contributed by atoms with Crippen LogP contribution in [0.3, 0.4) is 0 Å². The highest BCUT2D eigenvalue weighted by Gasteiger charge is 2.08. The summed E-state index contributed by atoms with van der Waals surface area (Å²) in [5, 5.41) is 3.03. The van der Waals surface area contributed by atoms with E-state index in [1.54, 1.807) is 4.90 Å². The van der Waals surface area contributed by atoms with Crippen LogP contribution < -0.4 is 5.32 Å². The minimum atomic E-state index is 0.167. The van der Waals surface area contributed by atoms with Crippen LogP contribution in [0.15, 0.2) is 24.3 Å². The maximum absolute atomic E-state index is 11.8. The number of likely N-dealkylation sites (N-methyl/N-ethyl adjacent to an activating group) is 2. The predicted molar refractivity (Wildman–Crippen MR) is 66.4 cm³/mol. The van der Waals surface area contributed by atoms with Crippen LogP contribution in [0.1, 0.15) is 11.1 Å². The molecule has 0 aliphatic rings. The Hall–Kier alpha value is -1.35. The molecule has 1 amide bonds. The van der Waals surface area contributed by atoms with Gasteiger partial charge in [0.25, 0.3) is 0 Å². The second-order valence-corrected chi connectivity index (χ2v) is 4.08. The number of aryl methyl sites for hydroxylation is 1. The Labute approximate surface area is 97.5 Å². The molecule has 3 heteroatoms. The van der Waals surface area contributed by atoms with E-state index in [0.717, 1.165) is 18.7 Å². The van der Waals surface area contributed by atoms with E-state index in [2.05, 4.69) is 11.4 Å². The minimum Gasteiger partial charge on any atom is -0.344 e. The average molecular weight is 220 g/mol. The molecular weight excluding hydrogens is 200 g/mol. The van der Waals surface area contributed by atoms with Gasteiger partial charge in [-0.1, -0.05) is 29.8 Å². The van der Waals surface area contributed by atoms with E-state index >= 15 is 0 Å². The van der Waals surface area contributed by atoms with Crippen molar-refractivity contribution in [2.75, 3.05) is 27.2 Å². The molecule has 0 aliphatic heterocycles. The summed E-state index contributed by atoms with van der Waals surface area (Å²) in [5.41, 5.74) is 2.28. The fourth-order valence-corrected chi connectivity index (χ4v) is 1.54. The molecule has 0 atom stereocenters. The van der Waals surface area contributed by atoms with Crippen molar-refractivity contribution in [2.45, 2.75) is 13.3 Å². The van der Waals surface area contributed by atoms with E-state index in [0.29, 0.717) is 6.42 Å². The first kappa shape index (κ1) is 12.7. The van der Waals surface area contributed by atoms with Crippen LogP contribution in [0.2, 0.25) is 0 Å². The largest absolute Gasteiger partial charge is 0.344 e. The number of hydrogen-bond acceptors (Lipinski definition) is 2. The van der Waals surface area contributed by atoms with Crippen molar-refractivity contribution in [3.63, 3.8) is 0 Å². The highest BCUT2D eigenvalue weighted by atomic mass is 16.2. The summed E-state index contributed by atoms with van der Waals surface area (Å²) in [6.45, 7) is 3.62. The highest BCUT2D eigenvalue weighted by Crippen LogP contribution is 2.05. The van der Waals surface area contributed by atoms with Crippen LogP contribution in [-0.4, -0.2) is 38.0 Å². The van der Waals surface area contributed by atoms with Crippen molar-refractivity contribution < 1.29 is 4.79 Å². The fourth-order valence-electron chi connectivity index (χ4n) is 1.54. The Bertz CT molecular complexity index is 350.